The minimum Gasteiger partial charge on any atom is -0.454 e. The van der Waals surface area contributed by atoms with Crippen LogP contribution in [-0.2, 0) is 4.79 Å². The van der Waals surface area contributed by atoms with Crippen LogP contribution in [0.2, 0.25) is 0 Å². The van der Waals surface area contributed by atoms with Crippen LogP contribution in [0.5, 0.6) is 11.5 Å². The van der Waals surface area contributed by atoms with Gasteiger partial charge in [0.15, 0.2) is 17.3 Å². The van der Waals surface area contributed by atoms with Crippen molar-refractivity contribution in [2.24, 2.45) is 0 Å². The number of anilines is 1. The number of amides is 1. The van der Waals surface area contributed by atoms with E-state index in [2.05, 4.69) is 22.0 Å². The molecule has 3 aromatic rings. The Labute approximate surface area is 187 Å². The largest absolute Gasteiger partial charge is 0.454 e. The molecule has 0 spiro atoms. The van der Waals surface area contributed by atoms with Crippen LogP contribution in [0.1, 0.15) is 24.8 Å². The zero-order chi connectivity index (χ0) is 21.9. The van der Waals surface area contributed by atoms with Crippen LogP contribution in [0.25, 0.3) is 11.3 Å². The van der Waals surface area contributed by atoms with Crippen LogP contribution in [0.15, 0.2) is 60.7 Å². The van der Waals surface area contributed by atoms with Crippen LogP contribution in [0, 0.1) is 0 Å². The summed E-state index contributed by atoms with van der Waals surface area (Å²) >= 11 is 0. The fraction of sp³-hybridized carbons (Fsp3) is 0.320. The highest BCUT2D eigenvalue weighted by atomic mass is 16.7. The summed E-state index contributed by atoms with van der Waals surface area (Å²) in [5.74, 6) is 2.45. The third kappa shape index (κ3) is 3.98. The molecule has 0 N–H and O–H groups in total. The molecule has 7 nitrogen and oxygen atoms in total. The Morgan fingerprint density at radius 3 is 2.44 bits per heavy atom. The highest BCUT2D eigenvalue weighted by Crippen LogP contribution is 2.35. The first-order chi connectivity index (χ1) is 15.7. The predicted octanol–water partition coefficient (Wildman–Crippen LogP) is 3.71. The van der Waals surface area contributed by atoms with E-state index in [0.717, 1.165) is 53.6 Å². The molecule has 1 atom stereocenters. The average molecular weight is 431 g/mol. The first-order valence-corrected chi connectivity index (χ1v) is 11.1. The monoisotopic (exact) mass is 430 g/mol. The van der Waals surface area contributed by atoms with E-state index in [9.17, 15) is 4.79 Å². The summed E-state index contributed by atoms with van der Waals surface area (Å²) in [6.45, 7) is 5.19. The fourth-order valence-electron chi connectivity index (χ4n) is 4.32. The van der Waals surface area contributed by atoms with E-state index in [1.807, 2.05) is 65.6 Å². The molecule has 1 amide bonds. The van der Waals surface area contributed by atoms with Gasteiger partial charge in [0.25, 0.3) is 0 Å². The van der Waals surface area contributed by atoms with E-state index < -0.39 is 0 Å². The lowest BCUT2D eigenvalue weighted by Gasteiger charge is -2.36. The van der Waals surface area contributed by atoms with Crippen molar-refractivity contribution in [1.29, 1.82) is 0 Å². The van der Waals surface area contributed by atoms with E-state index in [1.54, 1.807) is 0 Å². The molecule has 2 aromatic carbocycles. The van der Waals surface area contributed by atoms with Gasteiger partial charge in [-0.3, -0.25) is 4.79 Å². The number of carbonyl (C=O) groups excluding carboxylic acids is 1. The smallest absolute Gasteiger partial charge is 0.231 e. The number of hydrogen-bond acceptors (Lipinski definition) is 6. The van der Waals surface area contributed by atoms with Gasteiger partial charge in [-0.15, -0.1) is 10.2 Å². The second kappa shape index (κ2) is 8.86. The van der Waals surface area contributed by atoms with Gasteiger partial charge in [-0.05, 0) is 42.3 Å². The van der Waals surface area contributed by atoms with E-state index in [1.165, 1.54) is 0 Å². The highest BCUT2D eigenvalue weighted by molar-refractivity contribution is 5.84. The number of benzene rings is 2. The molecular formula is C25H26N4O3. The van der Waals surface area contributed by atoms with Gasteiger partial charge in [0.2, 0.25) is 12.7 Å². The Hall–Kier alpha value is -3.61. The van der Waals surface area contributed by atoms with Gasteiger partial charge in [0.05, 0.1) is 11.6 Å². The third-order valence-corrected chi connectivity index (χ3v) is 6.14. The molecule has 0 saturated carbocycles. The number of carbonyl (C=O) groups is 1. The van der Waals surface area contributed by atoms with Gasteiger partial charge in [-0.2, -0.15) is 0 Å². The number of hydrogen-bond donors (Lipinski definition) is 0. The molecule has 1 fully saturated rings. The maximum atomic E-state index is 13.1. The molecule has 7 heteroatoms. The van der Waals surface area contributed by atoms with Crippen molar-refractivity contribution in [2.45, 2.75) is 19.3 Å². The SMILES string of the molecule is CCC(C(=O)N1CCN(c2ccc(-c3ccc4c(c3)OCO4)nn2)CC1)c1ccccc1. The van der Waals surface area contributed by atoms with Gasteiger partial charge < -0.3 is 19.3 Å². The molecule has 164 valence electrons. The number of aromatic nitrogens is 2. The normalized spacial score (nSPS) is 16.2. The molecule has 0 aliphatic carbocycles. The first kappa shape index (κ1) is 20.3. The lowest BCUT2D eigenvalue weighted by Crippen LogP contribution is -2.50. The van der Waals surface area contributed by atoms with E-state index in [4.69, 9.17) is 9.47 Å². The standard InChI is InChI=1S/C25H26N4O3/c1-2-20(18-6-4-3-5-7-18)25(30)29-14-12-28(13-15-29)24-11-9-21(26-27-24)19-8-10-22-23(16-19)32-17-31-22/h3-11,16,20H,2,12-15,17H2,1H3. The number of piperazine rings is 1. The predicted molar refractivity (Wildman–Crippen MR) is 122 cm³/mol. The molecule has 1 aromatic heterocycles. The van der Waals surface area contributed by atoms with Crippen molar-refractivity contribution in [3.8, 4) is 22.8 Å². The number of fused-ring (bicyclic) bond motifs is 1. The average Bonchev–Trinajstić information content (AvgIpc) is 3.33. The minimum atomic E-state index is -0.0801. The number of nitrogens with zero attached hydrogens (tertiary/aromatic N) is 4. The van der Waals surface area contributed by atoms with E-state index >= 15 is 0 Å². The fourth-order valence-corrected chi connectivity index (χ4v) is 4.32. The molecule has 2 aliphatic rings. The molecule has 3 heterocycles. The van der Waals surface area contributed by atoms with E-state index in [-0.39, 0.29) is 18.6 Å². The van der Waals surface area contributed by atoms with Crippen molar-refractivity contribution >= 4 is 11.7 Å². The van der Waals surface area contributed by atoms with Crippen molar-refractivity contribution in [2.75, 3.05) is 37.9 Å². The Morgan fingerprint density at radius 1 is 0.938 bits per heavy atom. The van der Waals surface area contributed by atoms with Crippen LogP contribution < -0.4 is 14.4 Å². The van der Waals surface area contributed by atoms with Crippen LogP contribution in [0.3, 0.4) is 0 Å². The summed E-state index contributed by atoms with van der Waals surface area (Å²) in [7, 11) is 0. The van der Waals surface area contributed by atoms with Gasteiger partial charge in [0, 0.05) is 31.7 Å². The quantitative estimate of drug-likeness (QED) is 0.615. The van der Waals surface area contributed by atoms with Gasteiger partial charge in [-0.25, -0.2) is 0 Å². The zero-order valence-electron chi connectivity index (χ0n) is 18.1. The summed E-state index contributed by atoms with van der Waals surface area (Å²) < 4.78 is 10.8. The molecule has 0 bridgehead atoms. The topological polar surface area (TPSA) is 67.8 Å². The Bertz CT molecular complexity index is 1080. The number of ether oxygens (including phenoxy) is 2. The minimum absolute atomic E-state index is 0.0801. The lowest BCUT2D eigenvalue weighted by molar-refractivity contribution is -0.133. The summed E-state index contributed by atoms with van der Waals surface area (Å²) in [4.78, 5) is 17.3. The Balaban J connectivity index is 1.22. The summed E-state index contributed by atoms with van der Waals surface area (Å²) in [6, 6.07) is 19.8. The second-order valence-electron chi connectivity index (χ2n) is 8.03. The Morgan fingerprint density at radius 2 is 1.72 bits per heavy atom. The molecule has 1 saturated heterocycles. The maximum absolute atomic E-state index is 13.1. The van der Waals surface area contributed by atoms with Crippen LogP contribution >= 0.6 is 0 Å². The van der Waals surface area contributed by atoms with Gasteiger partial charge in [0.1, 0.15) is 0 Å². The first-order valence-electron chi connectivity index (χ1n) is 11.1. The molecular weight excluding hydrogens is 404 g/mol. The van der Waals surface area contributed by atoms with Crippen LogP contribution in [0.4, 0.5) is 5.82 Å². The molecule has 2 aliphatic heterocycles. The van der Waals surface area contributed by atoms with E-state index in [0.29, 0.717) is 13.1 Å². The molecule has 5 rings (SSSR count). The number of rotatable bonds is 5. The molecule has 1 unspecified atom stereocenters. The van der Waals surface area contributed by atoms with Crippen molar-refractivity contribution < 1.29 is 14.3 Å². The third-order valence-electron chi connectivity index (χ3n) is 6.14. The second-order valence-corrected chi connectivity index (χ2v) is 8.03. The lowest BCUT2D eigenvalue weighted by atomic mass is 9.95. The van der Waals surface area contributed by atoms with Crippen LogP contribution in [-0.4, -0.2) is 54.0 Å². The Kier molecular flexibility index (Phi) is 5.62. The molecule has 32 heavy (non-hydrogen) atoms. The molecule has 0 radical (unpaired) electrons. The summed E-state index contributed by atoms with van der Waals surface area (Å²) in [5, 5.41) is 8.86. The van der Waals surface area contributed by atoms with Gasteiger partial charge >= 0.3 is 0 Å². The summed E-state index contributed by atoms with van der Waals surface area (Å²) in [6.07, 6.45) is 0.801. The van der Waals surface area contributed by atoms with Crippen molar-refractivity contribution in [3.05, 3.63) is 66.2 Å². The van der Waals surface area contributed by atoms with Crippen molar-refractivity contribution in [3.63, 3.8) is 0 Å². The summed E-state index contributed by atoms with van der Waals surface area (Å²) in [5.41, 5.74) is 2.82. The van der Waals surface area contributed by atoms with Gasteiger partial charge in [-0.1, -0.05) is 37.3 Å². The van der Waals surface area contributed by atoms with Crippen molar-refractivity contribution in [1.82, 2.24) is 15.1 Å². The highest BCUT2D eigenvalue weighted by Gasteiger charge is 2.28. The maximum Gasteiger partial charge on any atom is 0.231 e. The zero-order valence-corrected chi connectivity index (χ0v) is 18.1.